The van der Waals surface area contributed by atoms with Crippen LogP contribution in [0.5, 0.6) is 0 Å². The van der Waals surface area contributed by atoms with Crippen LogP contribution in [-0.4, -0.2) is 76.3 Å². The van der Waals surface area contributed by atoms with Gasteiger partial charge in [-0.2, -0.15) is 13.2 Å². The standard InChI is InChI=1S/C21H37N3O5.C2HF3O2/c1-4-6-7-8-9-10-11-13-24(12-5-2)20(26)19-18(23-15(3)25)16(22)14-17(29-19)21(27)28;3-2(4,5)1(6)7/h14,16,18-19H,4-13,22H2,1-3H3,(H,23,25)(H,27,28);(H,6,7)/t16-,18+,19+;/m0./s1. The average molecular weight is 526 g/mol. The molecule has 10 nitrogen and oxygen atoms in total. The van der Waals surface area contributed by atoms with Gasteiger partial charge in [-0.3, -0.25) is 9.59 Å². The molecule has 0 bridgehead atoms. The second kappa shape index (κ2) is 16.8. The van der Waals surface area contributed by atoms with Crippen molar-refractivity contribution in [3.63, 3.8) is 0 Å². The molecule has 13 heteroatoms. The van der Waals surface area contributed by atoms with E-state index in [2.05, 4.69) is 12.2 Å². The van der Waals surface area contributed by atoms with Crippen molar-refractivity contribution in [2.24, 2.45) is 5.73 Å². The summed E-state index contributed by atoms with van der Waals surface area (Å²) in [5.41, 5.74) is 6.03. The minimum Gasteiger partial charge on any atom is -0.475 e. The SMILES string of the molecule is CCCCCCCCCN(CCC)C(=O)[C@@H]1OC(C(=O)O)=C[C@H](N)[C@H]1NC(C)=O.O=C(O)C(F)(F)F. The molecule has 0 fully saturated rings. The number of nitrogens with one attached hydrogen (secondary N) is 1. The third-order valence-electron chi connectivity index (χ3n) is 5.24. The molecule has 0 aromatic heterocycles. The number of carbonyl (C=O) groups excluding carboxylic acids is 2. The number of nitrogens with zero attached hydrogens (tertiary/aromatic N) is 1. The largest absolute Gasteiger partial charge is 0.490 e. The summed E-state index contributed by atoms with van der Waals surface area (Å²) in [6, 6.07) is -1.63. The number of alkyl halides is 3. The summed E-state index contributed by atoms with van der Waals surface area (Å²) in [4.78, 5) is 46.7. The smallest absolute Gasteiger partial charge is 0.475 e. The van der Waals surface area contributed by atoms with Crippen LogP contribution in [0.25, 0.3) is 0 Å². The van der Waals surface area contributed by atoms with E-state index < -0.39 is 36.3 Å². The fourth-order valence-corrected chi connectivity index (χ4v) is 3.50. The third kappa shape index (κ3) is 12.8. The van der Waals surface area contributed by atoms with Gasteiger partial charge in [0.15, 0.2) is 6.10 Å². The first-order valence-corrected chi connectivity index (χ1v) is 12.0. The number of hydrogen-bond acceptors (Lipinski definition) is 6. The van der Waals surface area contributed by atoms with E-state index in [0.717, 1.165) is 25.7 Å². The zero-order valence-electron chi connectivity index (χ0n) is 21.0. The van der Waals surface area contributed by atoms with Crippen LogP contribution < -0.4 is 11.1 Å². The van der Waals surface area contributed by atoms with Crippen LogP contribution in [0.3, 0.4) is 0 Å². The fourth-order valence-electron chi connectivity index (χ4n) is 3.50. The monoisotopic (exact) mass is 525 g/mol. The maximum atomic E-state index is 13.2. The third-order valence-corrected chi connectivity index (χ3v) is 5.24. The van der Waals surface area contributed by atoms with Crippen LogP contribution in [0, 0.1) is 0 Å². The van der Waals surface area contributed by atoms with Crippen LogP contribution in [0.2, 0.25) is 0 Å². The number of carboxylic acid groups (broad SMARTS) is 2. The topological polar surface area (TPSA) is 159 Å². The van der Waals surface area contributed by atoms with Crippen LogP contribution in [0.15, 0.2) is 11.8 Å². The molecule has 0 unspecified atom stereocenters. The van der Waals surface area contributed by atoms with Crippen molar-refractivity contribution in [1.29, 1.82) is 0 Å². The number of ether oxygens (including phenoxy) is 1. The molecular formula is C23H38F3N3O7. The average Bonchev–Trinajstić information content (AvgIpc) is 2.77. The molecule has 3 atom stereocenters. The summed E-state index contributed by atoms with van der Waals surface area (Å²) in [7, 11) is 0. The number of unbranched alkanes of at least 4 members (excludes halogenated alkanes) is 6. The van der Waals surface area contributed by atoms with Gasteiger partial charge in [-0.25, -0.2) is 9.59 Å². The van der Waals surface area contributed by atoms with E-state index in [4.69, 9.17) is 20.4 Å². The van der Waals surface area contributed by atoms with E-state index in [1.165, 1.54) is 38.7 Å². The van der Waals surface area contributed by atoms with Crippen molar-refractivity contribution in [2.45, 2.75) is 96.5 Å². The summed E-state index contributed by atoms with van der Waals surface area (Å²) in [6.07, 6.45) is 3.73. The number of nitrogens with two attached hydrogens (primary N) is 1. The van der Waals surface area contributed by atoms with Gasteiger partial charge in [-0.15, -0.1) is 0 Å². The fraction of sp³-hybridized carbons (Fsp3) is 0.739. The van der Waals surface area contributed by atoms with Gasteiger partial charge in [0.2, 0.25) is 11.7 Å². The predicted molar refractivity (Wildman–Crippen MR) is 125 cm³/mol. The zero-order valence-corrected chi connectivity index (χ0v) is 21.0. The maximum absolute atomic E-state index is 13.2. The summed E-state index contributed by atoms with van der Waals surface area (Å²) in [5.74, 6) is -5.09. The number of halogens is 3. The minimum absolute atomic E-state index is 0.334. The molecule has 0 radical (unpaired) electrons. The van der Waals surface area contributed by atoms with E-state index in [-0.39, 0.29) is 17.6 Å². The highest BCUT2D eigenvalue weighted by molar-refractivity contribution is 5.88. The number of amides is 2. The van der Waals surface area contributed by atoms with Gasteiger partial charge in [-0.1, -0.05) is 52.4 Å². The molecule has 0 saturated heterocycles. The summed E-state index contributed by atoms with van der Waals surface area (Å²) < 4.78 is 37.2. The molecule has 36 heavy (non-hydrogen) atoms. The Morgan fingerprint density at radius 3 is 1.97 bits per heavy atom. The molecule has 1 aliphatic rings. The molecule has 1 rings (SSSR count). The molecule has 1 heterocycles. The predicted octanol–water partition coefficient (Wildman–Crippen LogP) is 2.81. The van der Waals surface area contributed by atoms with Crippen molar-refractivity contribution >= 4 is 23.8 Å². The Hall–Kier alpha value is -2.83. The first kappa shape index (κ1) is 33.2. The first-order valence-electron chi connectivity index (χ1n) is 12.0. The van der Waals surface area contributed by atoms with Crippen LogP contribution in [-0.2, 0) is 23.9 Å². The van der Waals surface area contributed by atoms with Gasteiger partial charge in [-0.05, 0) is 18.9 Å². The van der Waals surface area contributed by atoms with Crippen LogP contribution >= 0.6 is 0 Å². The van der Waals surface area contributed by atoms with E-state index >= 15 is 0 Å². The van der Waals surface area contributed by atoms with Crippen molar-refractivity contribution in [1.82, 2.24) is 10.2 Å². The van der Waals surface area contributed by atoms with Crippen molar-refractivity contribution < 1.29 is 47.3 Å². The number of hydrogen-bond donors (Lipinski definition) is 4. The van der Waals surface area contributed by atoms with Crippen molar-refractivity contribution in [3.8, 4) is 0 Å². The molecule has 2 amide bonds. The summed E-state index contributed by atoms with van der Waals surface area (Å²) >= 11 is 0. The second-order valence-corrected chi connectivity index (χ2v) is 8.43. The molecule has 0 spiro atoms. The van der Waals surface area contributed by atoms with E-state index in [1.54, 1.807) is 4.90 Å². The summed E-state index contributed by atoms with van der Waals surface area (Å²) in [5, 5.41) is 19.0. The Bertz CT molecular complexity index is 760. The van der Waals surface area contributed by atoms with E-state index in [1.807, 2.05) is 6.92 Å². The number of carbonyl (C=O) groups is 4. The van der Waals surface area contributed by atoms with Gasteiger partial charge in [0.1, 0.15) is 0 Å². The minimum atomic E-state index is -5.08. The van der Waals surface area contributed by atoms with Crippen LogP contribution in [0.4, 0.5) is 13.2 Å². The lowest BCUT2D eigenvalue weighted by atomic mass is 9.97. The Morgan fingerprint density at radius 2 is 1.53 bits per heavy atom. The lowest BCUT2D eigenvalue weighted by Crippen LogP contribution is -2.61. The molecule has 1 aliphatic heterocycles. The van der Waals surface area contributed by atoms with Gasteiger partial charge in [0.05, 0.1) is 12.1 Å². The van der Waals surface area contributed by atoms with E-state index in [9.17, 15) is 32.7 Å². The molecule has 0 aromatic rings. The molecule has 208 valence electrons. The Labute approximate surface area is 209 Å². The van der Waals surface area contributed by atoms with Gasteiger partial charge < -0.3 is 30.9 Å². The normalized spacial score (nSPS) is 19.2. The number of aliphatic carboxylic acids is 2. The molecule has 0 aromatic carbocycles. The maximum Gasteiger partial charge on any atom is 0.490 e. The lowest BCUT2D eigenvalue weighted by Gasteiger charge is -2.37. The molecule has 0 saturated carbocycles. The van der Waals surface area contributed by atoms with E-state index in [0.29, 0.717) is 13.1 Å². The second-order valence-electron chi connectivity index (χ2n) is 8.43. The number of rotatable bonds is 13. The summed E-state index contributed by atoms with van der Waals surface area (Å²) in [6.45, 7) is 6.61. The first-order chi connectivity index (χ1) is 16.8. The van der Waals surface area contributed by atoms with Crippen molar-refractivity contribution in [2.75, 3.05) is 13.1 Å². The lowest BCUT2D eigenvalue weighted by molar-refractivity contribution is -0.192. The van der Waals surface area contributed by atoms with Crippen molar-refractivity contribution in [3.05, 3.63) is 11.8 Å². The van der Waals surface area contributed by atoms with Gasteiger partial charge in [0, 0.05) is 20.0 Å². The van der Waals surface area contributed by atoms with Crippen LogP contribution in [0.1, 0.15) is 72.1 Å². The molecule has 0 aliphatic carbocycles. The highest BCUT2D eigenvalue weighted by Crippen LogP contribution is 2.20. The molecule has 5 N–H and O–H groups in total. The Kier molecular flexibility index (Phi) is 15.5. The number of carboxylic acids is 2. The highest BCUT2D eigenvalue weighted by Gasteiger charge is 2.42. The molecular weight excluding hydrogens is 487 g/mol. The Morgan fingerprint density at radius 1 is 1.00 bits per heavy atom. The highest BCUT2D eigenvalue weighted by atomic mass is 19.4. The Balaban J connectivity index is 0.00000152. The van der Waals surface area contributed by atoms with Gasteiger partial charge in [0.25, 0.3) is 5.91 Å². The quantitative estimate of drug-likeness (QED) is 0.267. The zero-order chi connectivity index (χ0) is 27.9. The van der Waals surface area contributed by atoms with Gasteiger partial charge >= 0.3 is 18.1 Å².